The Balaban J connectivity index is 1.15. The van der Waals surface area contributed by atoms with E-state index in [0.29, 0.717) is 28.0 Å². The van der Waals surface area contributed by atoms with Crippen molar-refractivity contribution < 1.29 is 31.1 Å². The number of piperidine rings is 1. The van der Waals surface area contributed by atoms with Gasteiger partial charge in [-0.05, 0) is 87.9 Å². The number of nitrogens with one attached hydrogen (secondary N) is 2. The summed E-state index contributed by atoms with van der Waals surface area (Å²) in [5.74, 6) is 5.97. The summed E-state index contributed by atoms with van der Waals surface area (Å²) in [6, 6.07) is 12.2. The number of benzene rings is 2. The standard InChI is InChI=1S/C35H40F3N5O4S/c1-39-24-47-33-20-28(48(2,44)45)12-13-31(33)40-16-4-5-27-19-29-30(6-3-7-32(29)43(27)21-35(36,37)38)41-25-8-10-26(11-9-25)42-17-14-34(15-18-42)22-46-23-34/h3,6-7,12-13,19-20,25-26,40-41H,8-11,14-18,21-24H2,2H3. The SMILES string of the molecule is [C-]#[N+]COc1cc(S(C)(=O)=O)ccc1NCC#Cc1cc2c(NC3CCC(N4CCC5(CC4)COC5)CC3)cccc2n1CC(F)(F)F. The van der Waals surface area contributed by atoms with Crippen LogP contribution in [0, 0.1) is 23.8 Å². The summed E-state index contributed by atoms with van der Waals surface area (Å²) >= 11 is 0. The molecule has 1 aromatic heterocycles. The largest absolute Gasteiger partial charge is 0.424 e. The number of hydrogen-bond donors (Lipinski definition) is 2. The van der Waals surface area contributed by atoms with Crippen LogP contribution in [0.3, 0.4) is 0 Å². The van der Waals surface area contributed by atoms with Gasteiger partial charge in [0.15, 0.2) is 15.6 Å². The first-order chi connectivity index (χ1) is 22.9. The molecule has 2 aliphatic heterocycles. The molecule has 1 aliphatic carbocycles. The maximum absolute atomic E-state index is 13.7. The van der Waals surface area contributed by atoms with Gasteiger partial charge in [0, 0.05) is 40.9 Å². The predicted molar refractivity (Wildman–Crippen MR) is 179 cm³/mol. The number of sulfone groups is 1. The van der Waals surface area contributed by atoms with E-state index in [1.807, 2.05) is 6.07 Å². The average molecular weight is 684 g/mol. The van der Waals surface area contributed by atoms with Crippen LogP contribution in [0.4, 0.5) is 24.5 Å². The number of hydrogen-bond acceptors (Lipinski definition) is 7. The fraction of sp³-hybridized carbons (Fsp3) is 0.514. The molecule has 2 saturated heterocycles. The van der Waals surface area contributed by atoms with Gasteiger partial charge in [-0.1, -0.05) is 12.0 Å². The lowest BCUT2D eigenvalue weighted by Crippen LogP contribution is -2.53. The minimum Gasteiger partial charge on any atom is -0.424 e. The van der Waals surface area contributed by atoms with Crippen LogP contribution >= 0.6 is 0 Å². The Labute approximate surface area is 279 Å². The van der Waals surface area contributed by atoms with Gasteiger partial charge in [0.05, 0.1) is 41.6 Å². The molecule has 0 atom stereocenters. The number of rotatable bonds is 9. The van der Waals surface area contributed by atoms with Crippen molar-refractivity contribution in [1.82, 2.24) is 9.47 Å². The highest BCUT2D eigenvalue weighted by atomic mass is 32.2. The topological polar surface area (TPSA) is 89.2 Å². The second-order valence-electron chi connectivity index (χ2n) is 13.2. The van der Waals surface area contributed by atoms with Gasteiger partial charge in [-0.2, -0.15) is 13.2 Å². The van der Waals surface area contributed by atoms with Crippen molar-refractivity contribution in [3.63, 3.8) is 0 Å². The van der Waals surface area contributed by atoms with Gasteiger partial charge >= 0.3 is 12.9 Å². The van der Waals surface area contributed by atoms with E-state index >= 15 is 0 Å². The number of nitrogens with zero attached hydrogens (tertiary/aromatic N) is 3. The van der Waals surface area contributed by atoms with Crippen LogP contribution in [0.25, 0.3) is 15.7 Å². The van der Waals surface area contributed by atoms with Crippen LogP contribution in [-0.2, 0) is 21.1 Å². The number of halogens is 3. The molecule has 48 heavy (non-hydrogen) atoms. The molecule has 3 aromatic rings. The smallest absolute Gasteiger partial charge is 0.406 e. The van der Waals surface area contributed by atoms with Gasteiger partial charge in [0.25, 0.3) is 0 Å². The first-order valence-corrected chi connectivity index (χ1v) is 18.1. The van der Waals surface area contributed by atoms with Crippen LogP contribution in [0.1, 0.15) is 44.2 Å². The zero-order valence-corrected chi connectivity index (χ0v) is 27.7. The third kappa shape index (κ3) is 7.86. The summed E-state index contributed by atoms with van der Waals surface area (Å²) in [6.45, 7) is 9.62. The van der Waals surface area contributed by atoms with Gasteiger partial charge in [0.1, 0.15) is 6.54 Å². The number of fused-ring (bicyclic) bond motifs is 1. The van der Waals surface area contributed by atoms with Crippen molar-refractivity contribution in [2.75, 3.05) is 56.5 Å². The van der Waals surface area contributed by atoms with Crippen LogP contribution in [0.5, 0.6) is 5.75 Å². The molecule has 1 spiro atoms. The van der Waals surface area contributed by atoms with Gasteiger partial charge in [-0.25, -0.2) is 15.0 Å². The summed E-state index contributed by atoms with van der Waals surface area (Å²) < 4.78 is 77.3. The van der Waals surface area contributed by atoms with Gasteiger partial charge in [-0.15, -0.1) is 0 Å². The van der Waals surface area contributed by atoms with Crippen LogP contribution in [-0.4, -0.2) is 82.0 Å². The van der Waals surface area contributed by atoms with Crippen LogP contribution < -0.4 is 15.4 Å². The highest BCUT2D eigenvalue weighted by Crippen LogP contribution is 2.40. The minimum atomic E-state index is -4.45. The van der Waals surface area contributed by atoms with E-state index < -0.39 is 22.6 Å². The Hall–Kier alpha value is -3.91. The quantitative estimate of drug-likeness (QED) is 0.206. The molecule has 256 valence electrons. The number of ether oxygens (including phenoxy) is 2. The lowest BCUT2D eigenvalue weighted by Gasteiger charge is -2.49. The predicted octanol–water partition coefficient (Wildman–Crippen LogP) is 6.16. The first-order valence-electron chi connectivity index (χ1n) is 16.2. The zero-order chi connectivity index (χ0) is 33.9. The van der Waals surface area contributed by atoms with Crippen molar-refractivity contribution in [3.05, 3.63) is 59.6 Å². The molecular weight excluding hydrogens is 643 g/mol. The summed E-state index contributed by atoms with van der Waals surface area (Å²) in [6.07, 6.45) is 3.23. The van der Waals surface area contributed by atoms with Crippen molar-refractivity contribution in [2.45, 2.75) is 68.2 Å². The molecule has 1 saturated carbocycles. The fourth-order valence-electron chi connectivity index (χ4n) is 7.09. The van der Waals surface area contributed by atoms with Gasteiger partial charge < -0.3 is 29.6 Å². The van der Waals surface area contributed by atoms with Gasteiger partial charge in [-0.3, -0.25) is 4.85 Å². The summed E-state index contributed by atoms with van der Waals surface area (Å²) in [4.78, 5) is 5.83. The van der Waals surface area contributed by atoms with Crippen molar-refractivity contribution in [2.24, 2.45) is 5.41 Å². The third-order valence-corrected chi connectivity index (χ3v) is 10.9. The van der Waals surface area contributed by atoms with E-state index in [4.69, 9.17) is 16.0 Å². The second-order valence-corrected chi connectivity index (χ2v) is 15.2. The molecular formula is C35H40F3N5O4S. The summed E-state index contributed by atoms with van der Waals surface area (Å²) in [7, 11) is -3.50. The second kappa shape index (κ2) is 13.9. The maximum Gasteiger partial charge on any atom is 0.406 e. The number of alkyl halides is 3. The molecule has 9 nitrogen and oxygen atoms in total. The van der Waals surface area contributed by atoms with E-state index in [-0.39, 0.29) is 35.7 Å². The Bertz CT molecular complexity index is 1840. The first kappa shape index (κ1) is 34.0. The minimum absolute atomic E-state index is 0.0350. The molecule has 0 unspecified atom stereocenters. The molecule has 3 heterocycles. The summed E-state index contributed by atoms with van der Waals surface area (Å²) in [5.41, 5.74) is 2.32. The van der Waals surface area contributed by atoms with Crippen LogP contribution in [0.2, 0.25) is 0 Å². The highest BCUT2D eigenvalue weighted by molar-refractivity contribution is 7.90. The molecule has 0 amide bonds. The normalized spacial score (nSPS) is 21.1. The number of likely N-dealkylation sites (tertiary alicyclic amines) is 1. The van der Waals surface area contributed by atoms with Crippen molar-refractivity contribution in [3.8, 4) is 17.6 Å². The highest BCUT2D eigenvalue weighted by Gasteiger charge is 2.42. The third-order valence-electron chi connectivity index (χ3n) is 9.78. The monoisotopic (exact) mass is 683 g/mol. The fourth-order valence-corrected chi connectivity index (χ4v) is 7.72. The Kier molecular flexibility index (Phi) is 9.84. The van der Waals surface area contributed by atoms with E-state index in [1.54, 1.807) is 18.2 Å². The lowest BCUT2D eigenvalue weighted by atomic mass is 9.76. The molecule has 2 N–H and O–H groups in total. The number of aromatic nitrogens is 1. The summed E-state index contributed by atoms with van der Waals surface area (Å²) in [5, 5.41) is 7.36. The van der Waals surface area contributed by atoms with Crippen molar-refractivity contribution in [1.29, 1.82) is 0 Å². The molecule has 0 bridgehead atoms. The molecule has 6 rings (SSSR count). The van der Waals surface area contributed by atoms with E-state index in [0.717, 1.165) is 63.9 Å². The molecule has 3 aliphatic rings. The molecule has 0 radical (unpaired) electrons. The zero-order valence-electron chi connectivity index (χ0n) is 26.9. The Morgan fingerprint density at radius 3 is 2.48 bits per heavy atom. The maximum atomic E-state index is 13.7. The Morgan fingerprint density at radius 2 is 1.83 bits per heavy atom. The van der Waals surface area contributed by atoms with Crippen molar-refractivity contribution >= 4 is 32.1 Å². The Morgan fingerprint density at radius 1 is 1.08 bits per heavy atom. The molecule has 3 fully saturated rings. The lowest BCUT2D eigenvalue weighted by molar-refractivity contribution is -0.143. The molecule has 13 heteroatoms. The van der Waals surface area contributed by atoms with E-state index in [9.17, 15) is 21.6 Å². The molecule has 2 aromatic carbocycles. The van der Waals surface area contributed by atoms with Crippen LogP contribution in [0.15, 0.2) is 47.4 Å². The van der Waals surface area contributed by atoms with E-state index in [2.05, 4.69) is 32.2 Å². The number of anilines is 2. The van der Waals surface area contributed by atoms with E-state index in [1.165, 1.54) is 35.6 Å². The average Bonchev–Trinajstić information content (AvgIpc) is 3.38. The van der Waals surface area contributed by atoms with Gasteiger partial charge in [0.2, 0.25) is 0 Å².